The summed E-state index contributed by atoms with van der Waals surface area (Å²) in [6.45, 7) is 0. The lowest BCUT2D eigenvalue weighted by molar-refractivity contribution is 0.498. The maximum Gasteiger partial charge on any atom is 0.346 e. The number of nitrogens with one attached hydrogen (secondary N) is 1. The molecule has 16 aromatic carbocycles. The van der Waals surface area contributed by atoms with Crippen LogP contribution in [0.4, 0.5) is 0 Å². The molecule has 10 aromatic heterocycles. The van der Waals surface area contributed by atoms with Crippen molar-refractivity contribution in [2.45, 2.75) is 12.8 Å². The van der Waals surface area contributed by atoms with Crippen molar-refractivity contribution in [3.63, 3.8) is 0 Å². The van der Waals surface area contributed by atoms with Gasteiger partial charge < -0.3 is 27.1 Å². The lowest BCUT2D eigenvalue weighted by Gasteiger charge is -2.22. The number of aryl methyl sites for hydroxylation is 2. The average molecular weight is 1850 g/mol. The summed E-state index contributed by atoms with van der Waals surface area (Å²) in [4.78, 5) is 112. The molecule has 0 atom stereocenters. The van der Waals surface area contributed by atoms with Gasteiger partial charge >= 0.3 is 28.1 Å². The predicted molar refractivity (Wildman–Crippen MR) is 572 cm³/mol. The first kappa shape index (κ1) is 89.1. The molecule has 4 aliphatic carbocycles. The minimum Gasteiger partial charge on any atom is -0.464 e. The minimum atomic E-state index is -0.824. The van der Waals surface area contributed by atoms with Gasteiger partial charge in [-0.3, -0.25) is 34.3 Å². The molecular formula is C124H79N5O13. The van der Waals surface area contributed by atoms with Gasteiger partial charge in [0, 0.05) is 85.5 Å². The molecule has 18 nitrogen and oxygen atoms in total. The van der Waals surface area contributed by atoms with E-state index in [0.29, 0.717) is 32.9 Å². The molecule has 26 aromatic rings. The third kappa shape index (κ3) is 18.2. The van der Waals surface area contributed by atoms with Gasteiger partial charge in [0.05, 0.1) is 72.3 Å². The Bertz CT molecular complexity index is 9430. The second-order valence-corrected chi connectivity index (χ2v) is 33.7. The summed E-state index contributed by atoms with van der Waals surface area (Å²) in [5.41, 5.74) is 17.4. The van der Waals surface area contributed by atoms with Crippen LogP contribution in [0, 0.1) is 0 Å². The maximum atomic E-state index is 11.7. The molecule has 0 fully saturated rings. The maximum absolute atomic E-state index is 11.7. The highest BCUT2D eigenvalue weighted by molar-refractivity contribution is 6.10. The van der Waals surface area contributed by atoms with Gasteiger partial charge in [-0.25, -0.2) is 24.0 Å². The van der Waals surface area contributed by atoms with E-state index in [1.165, 1.54) is 104 Å². The zero-order valence-electron chi connectivity index (χ0n) is 75.7. The van der Waals surface area contributed by atoms with Gasteiger partial charge in [0.25, 0.3) is 5.56 Å². The number of hydrogen-bond donors (Lipinski definition) is 1. The van der Waals surface area contributed by atoms with Gasteiger partial charge in [-0.2, -0.15) is 0 Å². The second kappa shape index (κ2) is 39.8. The van der Waals surface area contributed by atoms with Crippen LogP contribution in [0.15, 0.2) is 486 Å². The fourth-order valence-corrected chi connectivity index (χ4v) is 18.4. The van der Waals surface area contributed by atoms with E-state index in [9.17, 15) is 38.4 Å². The first-order valence-electron chi connectivity index (χ1n) is 45.9. The summed E-state index contributed by atoms with van der Waals surface area (Å²) in [6.07, 6.45) is 25.3. The van der Waals surface area contributed by atoms with E-state index >= 15 is 0 Å². The fourth-order valence-electron chi connectivity index (χ4n) is 18.4. The molecular weight excluding hydrogens is 1770 g/mol. The van der Waals surface area contributed by atoms with Crippen molar-refractivity contribution in [3.05, 3.63) is 541 Å². The zero-order valence-corrected chi connectivity index (χ0v) is 75.7. The largest absolute Gasteiger partial charge is 0.464 e. The summed E-state index contributed by atoms with van der Waals surface area (Å²) in [7, 11) is 0. The molecule has 0 bridgehead atoms. The molecule has 678 valence electrons. The molecule has 0 aliphatic heterocycles. The van der Waals surface area contributed by atoms with Gasteiger partial charge in [-0.15, -0.1) is 0 Å². The SMILES string of the molecule is C1=Cc2cc3c(cc2=C1)C=CC=3.O=c1[nH]c2ccccc2c2ccccc12.O=c1ccoc2c1ccc1ccccc12.O=c1ccoc2ccc3ccccc3c12.O=c1oc(=O)c2cc3c(=O)oc(=O)c3cc12.O=c1oc2ccccc2c2ccccc12.c1ccc2c(c1)-c1ccccc1-2.c1ccc2c(c1)CCc1ccccc1-2.c1cnc2c(c1)ccc1ncccc12.c1cnc2ccc3ncccc3c2c1. The molecule has 4 aliphatic rings. The highest BCUT2D eigenvalue weighted by Gasteiger charge is 2.21. The van der Waals surface area contributed by atoms with E-state index in [2.05, 4.69) is 210 Å². The van der Waals surface area contributed by atoms with Crippen molar-refractivity contribution in [1.82, 2.24) is 24.9 Å². The Hall–Kier alpha value is -19.5. The summed E-state index contributed by atoms with van der Waals surface area (Å²) in [5.74, 6) is 0. The van der Waals surface area contributed by atoms with Crippen molar-refractivity contribution >= 4 is 176 Å². The van der Waals surface area contributed by atoms with Crippen LogP contribution in [0.2, 0.25) is 0 Å². The number of furan rings is 2. The van der Waals surface area contributed by atoms with Gasteiger partial charge in [-0.1, -0.05) is 291 Å². The highest BCUT2D eigenvalue weighted by Crippen LogP contribution is 2.46. The van der Waals surface area contributed by atoms with Crippen LogP contribution < -0.4 is 55.0 Å². The summed E-state index contributed by atoms with van der Waals surface area (Å²) < 4.78 is 24.6. The van der Waals surface area contributed by atoms with Crippen molar-refractivity contribution in [2.75, 3.05) is 0 Å². The zero-order chi connectivity index (χ0) is 96.5. The van der Waals surface area contributed by atoms with Gasteiger partial charge in [0.2, 0.25) is 0 Å². The number of fused-ring (bicyclic) bond motifs is 29. The van der Waals surface area contributed by atoms with Crippen molar-refractivity contribution in [3.8, 4) is 33.4 Å². The Labute approximate surface area is 805 Å². The van der Waals surface area contributed by atoms with Crippen LogP contribution in [0.1, 0.15) is 22.3 Å². The van der Waals surface area contributed by atoms with Gasteiger partial charge in [0.15, 0.2) is 10.9 Å². The van der Waals surface area contributed by atoms with E-state index in [1.54, 1.807) is 12.3 Å². The van der Waals surface area contributed by atoms with Crippen molar-refractivity contribution in [2.24, 2.45) is 0 Å². The van der Waals surface area contributed by atoms with E-state index in [4.69, 9.17) is 13.3 Å². The summed E-state index contributed by atoms with van der Waals surface area (Å²) >= 11 is 0. The monoisotopic (exact) mass is 1850 g/mol. The number of aromatic nitrogens is 5. The van der Waals surface area contributed by atoms with Gasteiger partial charge in [-0.05, 0) is 215 Å². The van der Waals surface area contributed by atoms with Crippen LogP contribution in [0.3, 0.4) is 0 Å². The Morgan fingerprint density at radius 1 is 0.254 bits per heavy atom. The standard InChI is InChI=1S/C14H12.C13H9NO.3C13H8O2.2C12H8N2.2C12H8.C10H2O6/c1-3-7-13-11(5-1)9-10-12-6-2-4-8-14(12)13;15-13-11-7-2-1-5-9(11)10-6-3-4-8-12(10)14-13;14-13-11-7-2-1-5-9(11)10-6-3-4-8-12(10)15-13;14-11-7-8-15-12-6-5-9-3-1-2-4-10(9)13(11)12;14-12-7-8-15-13-10-4-2-1-3-9(10)5-6-11(12)13;1-3-9-5-6-11-10(4-2-7-13-11)12(9)14-8-1;1-3-9-10-4-2-8-14-12(10)6-5-11(9)13-7-1;1-3-9-7-11-5-2-6-12(11)8-10(9)4-1;1-2-6-10-9(5-1)11-7-3-4-8-12(10)11;11-7-3-1-4-6(10(14)16-8(4)12)2-5(3)9(13)15-7/h1-8H,9-10H2;1-8H,(H,14,15);3*1-8H;2*1-8H;2*1-8H;1-2H. The molecule has 0 amide bonds. The first-order chi connectivity index (χ1) is 69.8. The molecule has 0 saturated carbocycles. The Morgan fingerprint density at radius 2 is 0.655 bits per heavy atom. The number of benzene rings is 16. The third-order valence-electron chi connectivity index (χ3n) is 25.2. The normalized spacial score (nSPS) is 11.6. The number of allylic oxidation sites excluding steroid dienone is 2. The number of rotatable bonds is 0. The lowest BCUT2D eigenvalue weighted by Crippen LogP contribution is -2.12. The Morgan fingerprint density at radius 3 is 1.24 bits per heavy atom. The van der Waals surface area contributed by atoms with Crippen LogP contribution in [-0.4, -0.2) is 24.9 Å². The molecule has 30 rings (SSSR count). The van der Waals surface area contributed by atoms with Gasteiger partial charge in [0.1, 0.15) is 16.7 Å². The fraction of sp³-hybridized carbons (Fsp3) is 0.0161. The topological polar surface area (TPSA) is 270 Å². The van der Waals surface area contributed by atoms with Crippen LogP contribution >= 0.6 is 0 Å². The number of nitrogens with zero attached hydrogens (tertiary/aromatic N) is 4. The van der Waals surface area contributed by atoms with Crippen LogP contribution in [0.5, 0.6) is 0 Å². The average Bonchev–Trinajstić information content (AvgIpc) is 1.27. The third-order valence-corrected chi connectivity index (χ3v) is 25.2. The van der Waals surface area contributed by atoms with Crippen molar-refractivity contribution in [1.29, 1.82) is 0 Å². The van der Waals surface area contributed by atoms with Crippen LogP contribution in [-0.2, 0) is 12.8 Å². The first-order valence-corrected chi connectivity index (χ1v) is 45.9. The highest BCUT2D eigenvalue weighted by atomic mass is 16.4. The van der Waals surface area contributed by atoms with Crippen LogP contribution in [0.25, 0.3) is 210 Å². The molecule has 10 heterocycles. The molecule has 0 spiro atoms. The van der Waals surface area contributed by atoms with E-state index in [-0.39, 0.29) is 43.6 Å². The Balaban J connectivity index is 0.0000000934. The number of H-pyrrole nitrogens is 1. The number of para-hydroxylation sites is 2. The molecule has 142 heavy (non-hydrogen) atoms. The molecule has 0 radical (unpaired) electrons. The molecule has 18 heteroatoms. The molecule has 1 N–H and O–H groups in total. The summed E-state index contributed by atoms with van der Waals surface area (Å²) in [5, 5.41) is 18.0. The van der Waals surface area contributed by atoms with E-state index in [0.717, 1.165) is 110 Å². The second-order valence-electron chi connectivity index (χ2n) is 33.7. The predicted octanol–water partition coefficient (Wildman–Crippen LogP) is 24.7. The smallest absolute Gasteiger partial charge is 0.346 e. The number of pyridine rings is 5. The van der Waals surface area contributed by atoms with E-state index < -0.39 is 22.5 Å². The van der Waals surface area contributed by atoms with E-state index in [1.807, 2.05) is 225 Å². The number of hydrogen-bond acceptors (Lipinski definition) is 17. The quantitative estimate of drug-likeness (QED) is 0.109. The molecule has 0 saturated heterocycles. The summed E-state index contributed by atoms with van der Waals surface area (Å²) in [6, 6.07) is 122. The molecule has 0 unspecified atom stereocenters. The Kier molecular flexibility index (Phi) is 25.0. The minimum absolute atomic E-state index is 0.00185. The lowest BCUT2D eigenvalue weighted by atomic mass is 9.81. The van der Waals surface area contributed by atoms with Crippen molar-refractivity contribution < 1.29 is 22.1 Å². The number of aromatic amines is 1.